The summed E-state index contributed by atoms with van der Waals surface area (Å²) in [6.07, 6.45) is 4.51. The third kappa shape index (κ3) is 4.80. The molecule has 0 radical (unpaired) electrons. The summed E-state index contributed by atoms with van der Waals surface area (Å²) < 4.78 is 6.10. The van der Waals surface area contributed by atoms with Crippen LogP contribution in [0.1, 0.15) is 18.4 Å². The van der Waals surface area contributed by atoms with Crippen LogP contribution in [0, 0.1) is 0 Å². The van der Waals surface area contributed by atoms with Crippen LogP contribution < -0.4 is 9.74 Å². The van der Waals surface area contributed by atoms with E-state index in [1.165, 1.54) is 18.4 Å². The van der Waals surface area contributed by atoms with Crippen LogP contribution in [-0.4, -0.2) is 27.1 Å². The minimum absolute atomic E-state index is 0.463. The van der Waals surface area contributed by atoms with Gasteiger partial charge in [-0.05, 0) is 45.1 Å². The van der Waals surface area contributed by atoms with Crippen molar-refractivity contribution in [3.63, 3.8) is 0 Å². The Hall–Kier alpha value is -1.13. The molecule has 104 valence electrons. The van der Waals surface area contributed by atoms with E-state index >= 15 is 0 Å². The van der Waals surface area contributed by atoms with Crippen LogP contribution in [0.2, 0.25) is 19.6 Å². The molecule has 1 unspecified atom stereocenters. The number of nitrogens with zero attached hydrogens (tertiary/aromatic N) is 1. The van der Waals surface area contributed by atoms with E-state index in [-0.39, 0.29) is 0 Å². The average Bonchev–Trinajstić information content (AvgIpc) is 2.82. The van der Waals surface area contributed by atoms with Gasteiger partial charge in [0, 0.05) is 17.8 Å². The molecule has 4 heteroatoms. The summed E-state index contributed by atoms with van der Waals surface area (Å²) in [6, 6.07) is 8.70. The lowest BCUT2D eigenvalue weighted by molar-refractivity contribution is 0.549. The summed E-state index contributed by atoms with van der Waals surface area (Å²) in [7, 11) is -1.56. The zero-order valence-electron chi connectivity index (χ0n) is 12.1. The Balaban J connectivity index is 1.99. The highest BCUT2D eigenvalue weighted by Gasteiger charge is 2.17. The molecule has 1 fully saturated rings. The first kappa shape index (κ1) is 14.3. The van der Waals surface area contributed by atoms with Crippen molar-refractivity contribution < 1.29 is 4.43 Å². The van der Waals surface area contributed by atoms with Gasteiger partial charge in [-0.15, -0.1) is 0 Å². The fourth-order valence-electron chi connectivity index (χ4n) is 2.18. The fourth-order valence-corrected chi connectivity index (χ4v) is 3.04. The lowest BCUT2D eigenvalue weighted by Crippen LogP contribution is -2.29. The number of para-hydroxylation sites is 1. The smallest absolute Gasteiger partial charge is 0.242 e. The highest BCUT2D eigenvalue weighted by Crippen LogP contribution is 2.22. The number of benzene rings is 1. The van der Waals surface area contributed by atoms with Gasteiger partial charge < -0.3 is 9.74 Å². The van der Waals surface area contributed by atoms with Gasteiger partial charge in [0.1, 0.15) is 5.75 Å². The van der Waals surface area contributed by atoms with Crippen molar-refractivity contribution in [1.29, 1.82) is 0 Å². The van der Waals surface area contributed by atoms with Crippen molar-refractivity contribution in [1.82, 2.24) is 5.32 Å². The van der Waals surface area contributed by atoms with Crippen molar-refractivity contribution in [3.05, 3.63) is 29.8 Å². The van der Waals surface area contributed by atoms with Crippen LogP contribution >= 0.6 is 0 Å². The molecule has 2 rings (SSSR count). The quantitative estimate of drug-likeness (QED) is 0.662. The number of aliphatic imine (C=N–C) groups is 1. The lowest BCUT2D eigenvalue weighted by Gasteiger charge is -2.21. The van der Waals surface area contributed by atoms with Crippen molar-refractivity contribution in [2.75, 3.05) is 6.54 Å². The summed E-state index contributed by atoms with van der Waals surface area (Å²) in [5.41, 5.74) is 1.18. The highest BCUT2D eigenvalue weighted by atomic mass is 28.4. The number of hydrogen-bond acceptors (Lipinski definition) is 3. The summed E-state index contributed by atoms with van der Waals surface area (Å²) >= 11 is 0. The van der Waals surface area contributed by atoms with Crippen molar-refractivity contribution in [2.45, 2.75) is 45.1 Å². The minimum Gasteiger partial charge on any atom is -0.544 e. The van der Waals surface area contributed by atoms with Gasteiger partial charge in [-0.2, -0.15) is 0 Å². The van der Waals surface area contributed by atoms with E-state index in [4.69, 9.17) is 4.43 Å². The van der Waals surface area contributed by atoms with E-state index in [0.717, 1.165) is 12.3 Å². The van der Waals surface area contributed by atoms with Gasteiger partial charge in [-0.25, -0.2) is 0 Å². The van der Waals surface area contributed by atoms with E-state index < -0.39 is 8.32 Å². The van der Waals surface area contributed by atoms with Crippen molar-refractivity contribution in [2.24, 2.45) is 4.99 Å². The monoisotopic (exact) mass is 276 g/mol. The highest BCUT2D eigenvalue weighted by molar-refractivity contribution is 6.70. The SMILES string of the molecule is C[Si](C)(C)Oc1ccccc1CN=CC1CCCN1. The molecule has 0 aromatic heterocycles. The first-order chi connectivity index (χ1) is 9.04. The molecule has 1 aromatic rings. The van der Waals surface area contributed by atoms with E-state index in [2.05, 4.69) is 54.4 Å². The molecule has 1 saturated heterocycles. The predicted octanol–water partition coefficient (Wildman–Crippen LogP) is 3.22. The van der Waals surface area contributed by atoms with Crippen LogP contribution in [-0.2, 0) is 6.54 Å². The van der Waals surface area contributed by atoms with E-state index in [9.17, 15) is 0 Å². The van der Waals surface area contributed by atoms with E-state index in [1.807, 2.05) is 6.07 Å². The van der Waals surface area contributed by atoms with Crippen molar-refractivity contribution >= 4 is 14.5 Å². The molecule has 3 nitrogen and oxygen atoms in total. The molecule has 1 aromatic carbocycles. The second-order valence-corrected chi connectivity index (χ2v) is 10.4. The summed E-state index contributed by atoms with van der Waals surface area (Å²) in [5, 5.41) is 3.42. The summed E-state index contributed by atoms with van der Waals surface area (Å²) in [4.78, 5) is 4.56. The average molecular weight is 276 g/mol. The standard InChI is InChI=1S/C15H24N2OSi/c1-19(2,3)18-15-9-5-4-7-13(15)11-16-12-14-8-6-10-17-14/h4-5,7,9,12,14,17H,6,8,10-11H2,1-3H3. The molecule has 0 aliphatic carbocycles. The normalized spacial score (nSPS) is 20.1. The third-order valence-corrected chi connectivity index (χ3v) is 3.87. The summed E-state index contributed by atoms with van der Waals surface area (Å²) in [6.45, 7) is 8.44. The van der Waals surface area contributed by atoms with Crippen LogP contribution in [0.3, 0.4) is 0 Å². The molecule has 0 saturated carbocycles. The summed E-state index contributed by atoms with van der Waals surface area (Å²) in [5.74, 6) is 0.998. The third-order valence-electron chi connectivity index (χ3n) is 3.03. The topological polar surface area (TPSA) is 33.6 Å². The zero-order chi connectivity index (χ0) is 13.7. The maximum atomic E-state index is 6.10. The van der Waals surface area contributed by atoms with Gasteiger partial charge >= 0.3 is 0 Å². The lowest BCUT2D eigenvalue weighted by atomic mass is 10.2. The first-order valence-electron chi connectivity index (χ1n) is 7.05. The molecule has 0 spiro atoms. The Morgan fingerprint density at radius 1 is 1.37 bits per heavy atom. The number of hydrogen-bond donors (Lipinski definition) is 1. The molecule has 1 atom stereocenters. The minimum atomic E-state index is -1.56. The Kier molecular flexibility index (Phi) is 4.77. The molecule has 1 heterocycles. The number of nitrogens with one attached hydrogen (secondary N) is 1. The van der Waals surface area contributed by atoms with E-state index in [1.54, 1.807) is 0 Å². The van der Waals surface area contributed by atoms with Gasteiger partial charge in [0.2, 0.25) is 8.32 Å². The second-order valence-electron chi connectivity index (χ2n) is 6.01. The first-order valence-corrected chi connectivity index (χ1v) is 10.5. The van der Waals surface area contributed by atoms with E-state index in [0.29, 0.717) is 12.6 Å². The second kappa shape index (κ2) is 6.35. The van der Waals surface area contributed by atoms with Crippen LogP contribution in [0.5, 0.6) is 5.75 Å². The van der Waals surface area contributed by atoms with Gasteiger partial charge in [0.15, 0.2) is 0 Å². The van der Waals surface area contributed by atoms with Gasteiger partial charge in [-0.3, -0.25) is 4.99 Å². The molecule has 0 amide bonds. The molecule has 1 aliphatic rings. The maximum Gasteiger partial charge on any atom is 0.242 e. The number of rotatable bonds is 5. The molecule has 1 N–H and O–H groups in total. The molecular formula is C15H24N2OSi. The van der Waals surface area contributed by atoms with Crippen LogP contribution in [0.15, 0.2) is 29.3 Å². The Labute approximate surface area is 117 Å². The van der Waals surface area contributed by atoms with Gasteiger partial charge in [0.25, 0.3) is 0 Å². The maximum absolute atomic E-state index is 6.10. The molecule has 0 bridgehead atoms. The Morgan fingerprint density at radius 3 is 2.84 bits per heavy atom. The molecular weight excluding hydrogens is 252 g/mol. The molecule has 19 heavy (non-hydrogen) atoms. The fraction of sp³-hybridized carbons (Fsp3) is 0.533. The van der Waals surface area contributed by atoms with Crippen LogP contribution in [0.4, 0.5) is 0 Å². The zero-order valence-corrected chi connectivity index (χ0v) is 13.1. The Bertz CT molecular complexity index is 434. The largest absolute Gasteiger partial charge is 0.544 e. The van der Waals surface area contributed by atoms with Crippen LogP contribution in [0.25, 0.3) is 0 Å². The van der Waals surface area contributed by atoms with Gasteiger partial charge in [-0.1, -0.05) is 18.2 Å². The Morgan fingerprint density at radius 2 is 2.16 bits per heavy atom. The predicted molar refractivity (Wildman–Crippen MR) is 83.6 cm³/mol. The van der Waals surface area contributed by atoms with Crippen molar-refractivity contribution in [3.8, 4) is 5.75 Å². The van der Waals surface area contributed by atoms with Gasteiger partial charge in [0.05, 0.1) is 6.54 Å². The molecule has 1 aliphatic heterocycles.